The van der Waals surface area contributed by atoms with Crippen molar-refractivity contribution in [2.45, 2.75) is 13.8 Å². The highest BCUT2D eigenvalue weighted by Crippen LogP contribution is 2.20. The van der Waals surface area contributed by atoms with Gasteiger partial charge in [0.2, 0.25) is 0 Å². The van der Waals surface area contributed by atoms with Crippen LogP contribution in [-0.4, -0.2) is 10.9 Å². The van der Waals surface area contributed by atoms with Crippen LogP contribution < -0.4 is 5.32 Å². The molecule has 2 aromatic rings. The van der Waals surface area contributed by atoms with Crippen LogP contribution in [0.1, 0.15) is 20.9 Å². The van der Waals surface area contributed by atoms with Crippen molar-refractivity contribution in [2.75, 3.05) is 5.32 Å². The molecule has 1 N–H and O–H groups in total. The summed E-state index contributed by atoms with van der Waals surface area (Å²) in [5.41, 5.74) is 1.98. The number of amides is 1. The Kier molecular flexibility index (Phi) is 3.59. The van der Waals surface area contributed by atoms with Gasteiger partial charge in [0.05, 0.1) is 4.88 Å². The molecule has 1 amide bonds. The van der Waals surface area contributed by atoms with E-state index in [1.54, 1.807) is 6.07 Å². The molecule has 0 saturated carbocycles. The first-order chi connectivity index (χ1) is 8.04. The first-order valence-electron chi connectivity index (χ1n) is 5.05. The molecule has 5 heteroatoms. The van der Waals surface area contributed by atoms with Crippen LogP contribution in [0.4, 0.5) is 5.82 Å². The second kappa shape index (κ2) is 4.98. The number of hydrogen-bond donors (Lipinski definition) is 1. The van der Waals surface area contributed by atoms with Crippen molar-refractivity contribution >= 4 is 39.0 Å². The molecule has 0 radical (unpaired) electrons. The van der Waals surface area contributed by atoms with Gasteiger partial charge in [-0.15, -0.1) is 11.3 Å². The van der Waals surface area contributed by atoms with Gasteiger partial charge in [-0.25, -0.2) is 4.98 Å². The third kappa shape index (κ3) is 3.14. The van der Waals surface area contributed by atoms with E-state index in [2.05, 4.69) is 26.2 Å². The number of nitrogens with one attached hydrogen (secondary N) is 1. The molecule has 2 heterocycles. The van der Waals surface area contributed by atoms with Gasteiger partial charge in [-0.1, -0.05) is 0 Å². The summed E-state index contributed by atoms with van der Waals surface area (Å²) < 4.78 is 0.918. The van der Waals surface area contributed by atoms with Crippen LogP contribution in [0, 0.1) is 13.8 Å². The Bertz CT molecular complexity index is 545. The number of aromatic nitrogens is 1. The molecular formula is C12H11BrN2OS. The van der Waals surface area contributed by atoms with Gasteiger partial charge >= 0.3 is 0 Å². The molecule has 0 atom stereocenters. The molecule has 0 saturated heterocycles. The lowest BCUT2D eigenvalue weighted by molar-refractivity contribution is 0.103. The SMILES string of the molecule is Cc1cc(C)nc(NC(=O)c2cc(Br)cs2)c1. The highest BCUT2D eigenvalue weighted by Gasteiger charge is 2.09. The number of carbonyl (C=O) groups is 1. The lowest BCUT2D eigenvalue weighted by Crippen LogP contribution is -2.11. The lowest BCUT2D eigenvalue weighted by atomic mass is 10.2. The van der Waals surface area contributed by atoms with Crippen molar-refractivity contribution in [1.82, 2.24) is 4.98 Å². The predicted molar refractivity (Wildman–Crippen MR) is 73.7 cm³/mol. The van der Waals surface area contributed by atoms with Gasteiger partial charge < -0.3 is 5.32 Å². The maximum atomic E-state index is 11.9. The third-order valence-electron chi connectivity index (χ3n) is 2.13. The number of carbonyl (C=O) groups excluding carboxylic acids is 1. The Labute approximate surface area is 112 Å². The first kappa shape index (κ1) is 12.3. The average Bonchev–Trinajstić information content (AvgIpc) is 2.63. The minimum Gasteiger partial charge on any atom is -0.306 e. The van der Waals surface area contributed by atoms with E-state index in [1.807, 2.05) is 31.4 Å². The summed E-state index contributed by atoms with van der Waals surface area (Å²) in [5.74, 6) is 0.468. The molecule has 2 aromatic heterocycles. The number of halogens is 1. The maximum Gasteiger partial charge on any atom is 0.266 e. The molecule has 17 heavy (non-hydrogen) atoms. The lowest BCUT2D eigenvalue weighted by Gasteiger charge is -2.05. The van der Waals surface area contributed by atoms with Gasteiger partial charge in [-0.2, -0.15) is 0 Å². The van der Waals surface area contributed by atoms with E-state index in [0.29, 0.717) is 10.7 Å². The predicted octanol–water partition coefficient (Wildman–Crippen LogP) is 3.77. The minimum absolute atomic E-state index is 0.127. The highest BCUT2D eigenvalue weighted by molar-refractivity contribution is 9.10. The van der Waals surface area contributed by atoms with E-state index in [1.165, 1.54) is 11.3 Å². The van der Waals surface area contributed by atoms with Crippen molar-refractivity contribution in [3.8, 4) is 0 Å². The van der Waals surface area contributed by atoms with Crippen molar-refractivity contribution < 1.29 is 4.79 Å². The molecule has 0 aliphatic rings. The number of rotatable bonds is 2. The zero-order valence-electron chi connectivity index (χ0n) is 9.45. The van der Waals surface area contributed by atoms with E-state index in [9.17, 15) is 4.79 Å². The largest absolute Gasteiger partial charge is 0.306 e. The standard InChI is InChI=1S/C12H11BrN2OS/c1-7-3-8(2)14-11(4-7)15-12(16)10-5-9(13)6-17-10/h3-6H,1-2H3,(H,14,15,16). The molecule has 0 aliphatic heterocycles. The van der Waals surface area contributed by atoms with Gasteiger partial charge in [-0.3, -0.25) is 4.79 Å². The van der Waals surface area contributed by atoms with Crippen LogP contribution >= 0.6 is 27.3 Å². The smallest absolute Gasteiger partial charge is 0.266 e. The fraction of sp³-hybridized carbons (Fsp3) is 0.167. The molecule has 2 rings (SSSR count). The summed E-state index contributed by atoms with van der Waals surface area (Å²) >= 11 is 4.72. The molecule has 0 aliphatic carbocycles. The van der Waals surface area contributed by atoms with Crippen LogP contribution in [-0.2, 0) is 0 Å². The van der Waals surface area contributed by atoms with Crippen LogP contribution in [0.25, 0.3) is 0 Å². The van der Waals surface area contributed by atoms with Crippen molar-refractivity contribution in [1.29, 1.82) is 0 Å². The first-order valence-corrected chi connectivity index (χ1v) is 6.72. The maximum absolute atomic E-state index is 11.9. The van der Waals surface area contributed by atoms with E-state index in [4.69, 9.17) is 0 Å². The van der Waals surface area contributed by atoms with Crippen LogP contribution in [0.3, 0.4) is 0 Å². The number of nitrogens with zero attached hydrogens (tertiary/aromatic N) is 1. The Balaban J connectivity index is 2.18. The molecule has 3 nitrogen and oxygen atoms in total. The van der Waals surface area contributed by atoms with E-state index < -0.39 is 0 Å². The second-order valence-corrected chi connectivity index (χ2v) is 5.58. The molecule has 88 valence electrons. The quantitative estimate of drug-likeness (QED) is 0.917. The Morgan fingerprint density at radius 3 is 2.71 bits per heavy atom. The van der Waals surface area contributed by atoms with Crippen LogP contribution in [0.2, 0.25) is 0 Å². The second-order valence-electron chi connectivity index (χ2n) is 3.75. The van der Waals surface area contributed by atoms with Crippen LogP contribution in [0.5, 0.6) is 0 Å². The summed E-state index contributed by atoms with van der Waals surface area (Å²) in [6, 6.07) is 5.62. The van der Waals surface area contributed by atoms with Gasteiger partial charge in [0, 0.05) is 15.5 Å². The summed E-state index contributed by atoms with van der Waals surface area (Å²) in [6.07, 6.45) is 0. The number of aryl methyl sites for hydroxylation is 2. The molecule has 0 spiro atoms. The zero-order valence-corrected chi connectivity index (χ0v) is 11.9. The van der Waals surface area contributed by atoms with Gasteiger partial charge in [0.15, 0.2) is 0 Å². The van der Waals surface area contributed by atoms with E-state index in [0.717, 1.165) is 15.7 Å². The van der Waals surface area contributed by atoms with Crippen LogP contribution in [0.15, 0.2) is 28.1 Å². The third-order valence-corrected chi connectivity index (χ3v) is 3.82. The number of thiophene rings is 1. The summed E-state index contributed by atoms with van der Waals surface area (Å²) in [7, 11) is 0. The Morgan fingerprint density at radius 2 is 2.12 bits per heavy atom. The fourth-order valence-corrected chi connectivity index (χ4v) is 2.84. The normalized spacial score (nSPS) is 10.3. The van der Waals surface area contributed by atoms with Crippen molar-refractivity contribution in [2.24, 2.45) is 0 Å². The molecule has 0 bridgehead atoms. The van der Waals surface area contributed by atoms with E-state index >= 15 is 0 Å². The van der Waals surface area contributed by atoms with Crippen molar-refractivity contribution in [3.05, 3.63) is 44.2 Å². The number of pyridine rings is 1. The molecule has 0 fully saturated rings. The Morgan fingerprint density at radius 1 is 1.35 bits per heavy atom. The van der Waals surface area contributed by atoms with Gasteiger partial charge in [0.25, 0.3) is 5.91 Å². The van der Waals surface area contributed by atoms with Gasteiger partial charge in [-0.05, 0) is 53.5 Å². The Hall–Kier alpha value is -1.20. The monoisotopic (exact) mass is 310 g/mol. The molecule has 0 unspecified atom stereocenters. The van der Waals surface area contributed by atoms with E-state index in [-0.39, 0.29) is 5.91 Å². The fourth-order valence-electron chi connectivity index (χ4n) is 1.52. The van der Waals surface area contributed by atoms with Gasteiger partial charge in [0.1, 0.15) is 5.82 Å². The highest BCUT2D eigenvalue weighted by atomic mass is 79.9. The number of hydrogen-bond acceptors (Lipinski definition) is 3. The summed E-state index contributed by atoms with van der Waals surface area (Å²) in [4.78, 5) is 16.8. The minimum atomic E-state index is -0.127. The number of anilines is 1. The van der Waals surface area contributed by atoms with Crippen molar-refractivity contribution in [3.63, 3.8) is 0 Å². The molecular weight excluding hydrogens is 300 g/mol. The summed E-state index contributed by atoms with van der Waals surface area (Å²) in [5, 5.41) is 4.67. The zero-order chi connectivity index (χ0) is 12.4. The average molecular weight is 311 g/mol. The molecule has 0 aromatic carbocycles. The topological polar surface area (TPSA) is 42.0 Å². The summed E-state index contributed by atoms with van der Waals surface area (Å²) in [6.45, 7) is 3.89.